The molecule has 0 spiro atoms. The van der Waals surface area contributed by atoms with Gasteiger partial charge >= 0.3 is 0 Å². The normalized spacial score (nSPS) is 11.8. The number of benzene rings is 1. The van der Waals surface area contributed by atoms with Gasteiger partial charge in [-0.15, -0.1) is 0 Å². The molecule has 0 aliphatic heterocycles. The number of rotatable bonds is 9. The van der Waals surface area contributed by atoms with Crippen LogP contribution in [0, 0.1) is 5.92 Å². The summed E-state index contributed by atoms with van der Waals surface area (Å²) < 4.78 is 0. The van der Waals surface area contributed by atoms with Crippen molar-refractivity contribution in [1.82, 2.24) is 9.97 Å². The van der Waals surface area contributed by atoms with E-state index >= 15 is 0 Å². The van der Waals surface area contributed by atoms with Crippen LogP contribution in [0.5, 0.6) is 0 Å². The second-order valence-corrected chi connectivity index (χ2v) is 7.28. The molecule has 0 saturated carbocycles. The summed E-state index contributed by atoms with van der Waals surface area (Å²) in [7, 11) is 0. The molecule has 0 atom stereocenters. The maximum Gasteiger partial charge on any atom is 0.243 e. The number of aromatic nitrogens is 2. The summed E-state index contributed by atoms with van der Waals surface area (Å²) in [6.45, 7) is 10.8. The predicted octanol–water partition coefficient (Wildman–Crippen LogP) is 5.42. The first-order chi connectivity index (χ1) is 12.5. The molecule has 0 radical (unpaired) electrons. The number of nitrogens with zero attached hydrogens (tertiary/aromatic N) is 3. The van der Waals surface area contributed by atoms with Gasteiger partial charge in [0.25, 0.3) is 0 Å². The minimum Gasteiger partial charge on any atom is -0.245 e. The van der Waals surface area contributed by atoms with Crippen molar-refractivity contribution >= 4 is 11.7 Å². The van der Waals surface area contributed by atoms with Crippen molar-refractivity contribution in [3.8, 4) is 0 Å². The van der Waals surface area contributed by atoms with Crippen LogP contribution in [0.25, 0.3) is 0 Å². The standard InChI is InChI=1S/C22H32N4/c1-6-8-20-15-21(9-7-2)24-22(23-20)26-25-17(5)19-12-10-18(11-13-19)14-16(3)4/h10-13,15-16H,6-9,14H2,1-5H3,(H,23,24,26). The summed E-state index contributed by atoms with van der Waals surface area (Å²) in [6, 6.07) is 10.8. The fraction of sp³-hybridized carbons (Fsp3) is 0.500. The van der Waals surface area contributed by atoms with E-state index in [1.807, 2.05) is 6.92 Å². The third-order valence-corrected chi connectivity index (χ3v) is 4.18. The maximum absolute atomic E-state index is 4.59. The number of hydrogen-bond donors (Lipinski definition) is 1. The molecule has 1 N–H and O–H groups in total. The summed E-state index contributed by atoms with van der Waals surface area (Å²) in [6.07, 6.45) is 5.19. The average Bonchev–Trinajstić information content (AvgIpc) is 2.60. The molecular formula is C22H32N4. The van der Waals surface area contributed by atoms with Crippen LogP contribution in [0.3, 0.4) is 0 Å². The molecular weight excluding hydrogens is 320 g/mol. The quantitative estimate of drug-likeness (QED) is 0.484. The number of nitrogens with one attached hydrogen (secondary N) is 1. The van der Waals surface area contributed by atoms with Crippen LogP contribution in [0.2, 0.25) is 0 Å². The number of aryl methyl sites for hydroxylation is 2. The molecule has 0 aliphatic carbocycles. The van der Waals surface area contributed by atoms with Crippen molar-refractivity contribution < 1.29 is 0 Å². The monoisotopic (exact) mass is 352 g/mol. The number of anilines is 1. The number of hydrazone groups is 1. The van der Waals surface area contributed by atoms with E-state index in [9.17, 15) is 0 Å². The molecule has 0 amide bonds. The van der Waals surface area contributed by atoms with Gasteiger partial charge in [0, 0.05) is 11.4 Å². The summed E-state index contributed by atoms with van der Waals surface area (Å²) in [4.78, 5) is 9.18. The first-order valence-electron chi connectivity index (χ1n) is 9.78. The smallest absolute Gasteiger partial charge is 0.243 e. The van der Waals surface area contributed by atoms with E-state index in [1.54, 1.807) is 0 Å². The molecule has 26 heavy (non-hydrogen) atoms. The molecule has 4 heteroatoms. The van der Waals surface area contributed by atoms with Gasteiger partial charge in [0.15, 0.2) is 0 Å². The first kappa shape index (κ1) is 20.1. The van der Waals surface area contributed by atoms with Gasteiger partial charge in [-0.1, -0.05) is 64.8 Å². The Morgan fingerprint density at radius 3 is 2.08 bits per heavy atom. The van der Waals surface area contributed by atoms with Gasteiger partial charge < -0.3 is 0 Å². The van der Waals surface area contributed by atoms with Gasteiger partial charge in [0.1, 0.15) is 0 Å². The zero-order valence-electron chi connectivity index (χ0n) is 16.8. The second-order valence-electron chi connectivity index (χ2n) is 7.28. The Hall–Kier alpha value is -2.23. The zero-order chi connectivity index (χ0) is 18.9. The fourth-order valence-corrected chi connectivity index (χ4v) is 2.92. The van der Waals surface area contributed by atoms with Crippen molar-refractivity contribution in [1.29, 1.82) is 0 Å². The van der Waals surface area contributed by atoms with Gasteiger partial charge in [-0.05, 0) is 49.3 Å². The Morgan fingerprint density at radius 2 is 1.58 bits per heavy atom. The van der Waals surface area contributed by atoms with E-state index in [-0.39, 0.29) is 0 Å². The summed E-state index contributed by atoms with van der Waals surface area (Å²) in [5.41, 5.74) is 8.63. The van der Waals surface area contributed by atoms with E-state index in [1.165, 1.54) is 5.56 Å². The van der Waals surface area contributed by atoms with Gasteiger partial charge in [0.2, 0.25) is 5.95 Å². The highest BCUT2D eigenvalue weighted by molar-refractivity contribution is 5.99. The van der Waals surface area contributed by atoms with E-state index in [2.05, 4.69) is 78.5 Å². The number of hydrogen-bond acceptors (Lipinski definition) is 4. The highest BCUT2D eigenvalue weighted by Gasteiger charge is 2.05. The lowest BCUT2D eigenvalue weighted by Crippen LogP contribution is -2.06. The molecule has 0 unspecified atom stereocenters. The van der Waals surface area contributed by atoms with Gasteiger partial charge in [-0.2, -0.15) is 5.10 Å². The molecule has 140 valence electrons. The third kappa shape index (κ3) is 6.25. The van der Waals surface area contributed by atoms with Crippen LogP contribution in [0.15, 0.2) is 35.4 Å². The minimum atomic E-state index is 0.593. The van der Waals surface area contributed by atoms with Crippen molar-refractivity contribution in [2.24, 2.45) is 11.0 Å². The van der Waals surface area contributed by atoms with E-state index in [0.717, 1.165) is 54.8 Å². The van der Waals surface area contributed by atoms with Gasteiger partial charge in [-0.3, -0.25) is 0 Å². The Kier molecular flexibility index (Phi) is 7.76. The lowest BCUT2D eigenvalue weighted by atomic mass is 10.0. The van der Waals surface area contributed by atoms with Crippen LogP contribution in [0.4, 0.5) is 5.95 Å². The lowest BCUT2D eigenvalue weighted by Gasteiger charge is -2.08. The summed E-state index contributed by atoms with van der Waals surface area (Å²) in [5, 5.41) is 4.50. The van der Waals surface area contributed by atoms with Gasteiger partial charge in [0.05, 0.1) is 5.71 Å². The molecule has 0 bridgehead atoms. The highest BCUT2D eigenvalue weighted by atomic mass is 15.4. The molecule has 1 aromatic heterocycles. The van der Waals surface area contributed by atoms with Crippen LogP contribution < -0.4 is 5.43 Å². The minimum absolute atomic E-state index is 0.593. The lowest BCUT2D eigenvalue weighted by molar-refractivity contribution is 0.647. The average molecular weight is 353 g/mol. The van der Waals surface area contributed by atoms with Gasteiger partial charge in [-0.25, -0.2) is 15.4 Å². The molecule has 1 heterocycles. The maximum atomic E-state index is 4.59. The van der Waals surface area contributed by atoms with E-state index in [0.29, 0.717) is 11.9 Å². The predicted molar refractivity (Wildman–Crippen MR) is 111 cm³/mol. The Bertz CT molecular complexity index is 693. The van der Waals surface area contributed by atoms with Crippen molar-refractivity contribution in [2.45, 2.75) is 66.7 Å². The molecule has 4 nitrogen and oxygen atoms in total. The van der Waals surface area contributed by atoms with Crippen LogP contribution in [-0.4, -0.2) is 15.7 Å². The fourth-order valence-electron chi connectivity index (χ4n) is 2.92. The first-order valence-corrected chi connectivity index (χ1v) is 9.78. The largest absolute Gasteiger partial charge is 0.245 e. The third-order valence-electron chi connectivity index (χ3n) is 4.18. The molecule has 0 fully saturated rings. The second kappa shape index (κ2) is 10.0. The Labute approximate surface area is 158 Å². The Morgan fingerprint density at radius 1 is 1.00 bits per heavy atom. The molecule has 2 aromatic rings. The molecule has 0 saturated heterocycles. The highest BCUT2D eigenvalue weighted by Crippen LogP contribution is 2.12. The van der Waals surface area contributed by atoms with Crippen LogP contribution in [0.1, 0.15) is 70.0 Å². The SMILES string of the molecule is CCCc1cc(CCC)nc(NN=C(C)c2ccc(CC(C)C)cc2)n1. The molecule has 1 aromatic carbocycles. The van der Waals surface area contributed by atoms with Crippen molar-refractivity contribution in [2.75, 3.05) is 5.43 Å². The van der Waals surface area contributed by atoms with Crippen LogP contribution in [-0.2, 0) is 19.3 Å². The Balaban J connectivity index is 2.12. The van der Waals surface area contributed by atoms with E-state index in [4.69, 9.17) is 0 Å². The summed E-state index contributed by atoms with van der Waals surface area (Å²) in [5.74, 6) is 1.26. The molecule has 0 aliphatic rings. The zero-order valence-corrected chi connectivity index (χ0v) is 16.8. The van der Waals surface area contributed by atoms with Crippen molar-refractivity contribution in [3.05, 3.63) is 52.8 Å². The van der Waals surface area contributed by atoms with Crippen LogP contribution >= 0.6 is 0 Å². The topological polar surface area (TPSA) is 50.2 Å². The van der Waals surface area contributed by atoms with E-state index < -0.39 is 0 Å². The van der Waals surface area contributed by atoms with Crippen molar-refractivity contribution in [3.63, 3.8) is 0 Å². The molecule has 2 rings (SSSR count). The summed E-state index contributed by atoms with van der Waals surface area (Å²) >= 11 is 0.